The number of methoxy groups -OCH3 is 1. The molecule has 1 rings (SSSR count). The topological polar surface area (TPSA) is 157 Å². The van der Waals surface area contributed by atoms with Gasteiger partial charge in [0.05, 0.1) is 20.2 Å². The van der Waals surface area contributed by atoms with E-state index >= 15 is 0 Å². The highest BCUT2D eigenvalue weighted by molar-refractivity contribution is 5.96. The summed E-state index contributed by atoms with van der Waals surface area (Å²) in [5, 5.41) is 3.81. The fraction of sp³-hybridized carbons (Fsp3) is 0.286. The number of nitrogens with two attached hydrogens (primary N) is 2. The fourth-order valence-corrected chi connectivity index (χ4v) is 1.92. The number of nitrogens with zero attached hydrogens (tertiary/aromatic N) is 1. The maximum absolute atomic E-state index is 11.7. The van der Waals surface area contributed by atoms with Gasteiger partial charge < -0.3 is 16.2 Å². The third kappa shape index (κ3) is 7.22. The third-order valence-electron chi connectivity index (χ3n) is 2.82. The van der Waals surface area contributed by atoms with Crippen LogP contribution < -0.4 is 26.8 Å². The van der Waals surface area contributed by atoms with E-state index < -0.39 is 23.9 Å². The number of nitrogens with one attached hydrogen (secondary N) is 2. The number of carbonyl (C=O) groups is 4. The van der Waals surface area contributed by atoms with Crippen molar-refractivity contribution >= 4 is 23.9 Å². The van der Waals surface area contributed by atoms with Gasteiger partial charge in [0, 0.05) is 6.54 Å². The number of benzene rings is 1. The molecule has 0 fully saturated rings. The van der Waals surface area contributed by atoms with Crippen LogP contribution in [0.1, 0.15) is 5.56 Å². The standard InChI is InChI=1S/C14H19N5O5/c1-24-10-4-2-9(3-5-10)6-19(7-11(20)17-13(15)22)8-12(21)18-14(16)23/h2-5H,6-8H2,1H3,(H3,15,17,20,22)(H3,16,18,21,23). The molecular formula is C14H19N5O5. The van der Waals surface area contributed by atoms with Crippen LogP contribution >= 0.6 is 0 Å². The molecule has 0 radical (unpaired) electrons. The first-order chi connectivity index (χ1) is 11.3. The van der Waals surface area contributed by atoms with Crippen LogP contribution in [0.15, 0.2) is 24.3 Å². The van der Waals surface area contributed by atoms with Gasteiger partial charge in [0.25, 0.3) is 0 Å². The summed E-state index contributed by atoms with van der Waals surface area (Å²) < 4.78 is 5.05. The number of amides is 6. The van der Waals surface area contributed by atoms with Gasteiger partial charge in [-0.15, -0.1) is 0 Å². The molecule has 6 amide bonds. The van der Waals surface area contributed by atoms with Gasteiger partial charge in [0.2, 0.25) is 11.8 Å². The molecule has 24 heavy (non-hydrogen) atoms. The van der Waals surface area contributed by atoms with Crippen molar-refractivity contribution in [1.82, 2.24) is 15.5 Å². The number of ether oxygens (including phenoxy) is 1. The Bertz CT molecular complexity index is 586. The Morgan fingerprint density at radius 1 is 0.958 bits per heavy atom. The summed E-state index contributed by atoms with van der Waals surface area (Å²) in [4.78, 5) is 46.1. The van der Waals surface area contributed by atoms with Crippen LogP contribution in [0.4, 0.5) is 9.59 Å². The summed E-state index contributed by atoms with van der Waals surface area (Å²) in [5.74, 6) is -0.700. The predicted molar refractivity (Wildman–Crippen MR) is 83.7 cm³/mol. The van der Waals surface area contributed by atoms with Crippen LogP contribution in [0, 0.1) is 0 Å². The Balaban J connectivity index is 2.77. The van der Waals surface area contributed by atoms with E-state index in [1.807, 2.05) is 10.6 Å². The van der Waals surface area contributed by atoms with E-state index in [2.05, 4.69) is 0 Å². The summed E-state index contributed by atoms with van der Waals surface area (Å²) in [6.45, 7) is -0.343. The normalized spacial score (nSPS) is 10.1. The Morgan fingerprint density at radius 3 is 1.79 bits per heavy atom. The molecule has 0 aromatic heterocycles. The molecule has 130 valence electrons. The molecule has 10 nitrogen and oxygen atoms in total. The minimum Gasteiger partial charge on any atom is -0.497 e. The van der Waals surface area contributed by atoms with Crippen molar-refractivity contribution in [3.8, 4) is 5.75 Å². The van der Waals surface area contributed by atoms with Crippen molar-refractivity contribution in [3.05, 3.63) is 29.8 Å². The SMILES string of the molecule is COc1ccc(CN(CC(=O)NC(N)=O)CC(=O)NC(N)=O)cc1. The van der Waals surface area contributed by atoms with Gasteiger partial charge in [-0.25, -0.2) is 9.59 Å². The van der Waals surface area contributed by atoms with Crippen LogP contribution in [-0.4, -0.2) is 49.0 Å². The molecule has 0 unspecified atom stereocenters. The number of imide groups is 2. The molecule has 0 saturated heterocycles. The minimum absolute atomic E-state index is 0.211. The van der Waals surface area contributed by atoms with Gasteiger partial charge in [-0.05, 0) is 17.7 Å². The van der Waals surface area contributed by atoms with Crippen molar-refractivity contribution in [3.63, 3.8) is 0 Å². The van der Waals surface area contributed by atoms with Gasteiger partial charge >= 0.3 is 12.1 Å². The lowest BCUT2D eigenvalue weighted by molar-refractivity contribution is -0.124. The van der Waals surface area contributed by atoms with E-state index in [4.69, 9.17) is 16.2 Å². The Kier molecular flexibility index (Phi) is 7.17. The maximum Gasteiger partial charge on any atom is 0.318 e. The highest BCUT2D eigenvalue weighted by Crippen LogP contribution is 2.12. The summed E-state index contributed by atoms with van der Waals surface area (Å²) in [6, 6.07) is 4.96. The lowest BCUT2D eigenvalue weighted by atomic mass is 10.2. The van der Waals surface area contributed by atoms with Crippen molar-refractivity contribution in [2.24, 2.45) is 11.5 Å². The first-order valence-electron chi connectivity index (χ1n) is 6.84. The molecule has 0 bridgehead atoms. The zero-order valence-corrected chi connectivity index (χ0v) is 13.1. The van der Waals surface area contributed by atoms with E-state index in [0.29, 0.717) is 5.75 Å². The summed E-state index contributed by atoms with van der Waals surface area (Å²) in [7, 11) is 1.53. The number of urea groups is 2. The lowest BCUT2D eigenvalue weighted by Crippen LogP contribution is -2.46. The Morgan fingerprint density at radius 2 is 1.42 bits per heavy atom. The smallest absolute Gasteiger partial charge is 0.318 e. The first kappa shape index (κ1) is 18.9. The third-order valence-corrected chi connectivity index (χ3v) is 2.82. The zero-order chi connectivity index (χ0) is 18.1. The number of hydrogen-bond acceptors (Lipinski definition) is 6. The molecule has 0 spiro atoms. The van der Waals surface area contributed by atoms with Crippen molar-refractivity contribution in [1.29, 1.82) is 0 Å². The molecule has 0 saturated carbocycles. The van der Waals surface area contributed by atoms with Gasteiger partial charge in [-0.3, -0.25) is 25.1 Å². The van der Waals surface area contributed by atoms with Crippen LogP contribution in [0.25, 0.3) is 0 Å². The molecule has 0 atom stereocenters. The second-order valence-electron chi connectivity index (χ2n) is 4.82. The molecule has 0 aliphatic rings. The summed E-state index contributed by atoms with van der Waals surface area (Å²) in [6.07, 6.45) is 0. The van der Waals surface area contributed by atoms with Crippen LogP contribution in [-0.2, 0) is 16.1 Å². The second kappa shape index (κ2) is 9.10. The van der Waals surface area contributed by atoms with Crippen LogP contribution in [0.5, 0.6) is 5.75 Å². The number of hydrogen-bond donors (Lipinski definition) is 4. The van der Waals surface area contributed by atoms with E-state index in [0.717, 1.165) is 5.56 Å². The monoisotopic (exact) mass is 337 g/mol. The predicted octanol–water partition coefficient (Wildman–Crippen LogP) is -1.11. The molecule has 10 heteroatoms. The van der Waals surface area contributed by atoms with Crippen molar-refractivity contribution < 1.29 is 23.9 Å². The average molecular weight is 337 g/mol. The van der Waals surface area contributed by atoms with Crippen LogP contribution in [0.3, 0.4) is 0 Å². The van der Waals surface area contributed by atoms with Gasteiger partial charge in [0.1, 0.15) is 5.75 Å². The molecule has 0 heterocycles. The van der Waals surface area contributed by atoms with Crippen molar-refractivity contribution in [2.45, 2.75) is 6.54 Å². The van der Waals surface area contributed by atoms with Gasteiger partial charge in [0.15, 0.2) is 0 Å². The molecule has 0 aliphatic carbocycles. The highest BCUT2D eigenvalue weighted by Gasteiger charge is 2.17. The molecule has 0 aliphatic heterocycles. The molecule has 1 aromatic carbocycles. The molecule has 1 aromatic rings. The second-order valence-corrected chi connectivity index (χ2v) is 4.82. The number of primary amides is 2. The summed E-state index contributed by atoms with van der Waals surface area (Å²) in [5.41, 5.74) is 10.5. The van der Waals surface area contributed by atoms with E-state index in [-0.39, 0.29) is 19.6 Å². The maximum atomic E-state index is 11.7. The Hall–Kier alpha value is -3.14. The highest BCUT2D eigenvalue weighted by atomic mass is 16.5. The van der Waals surface area contributed by atoms with Crippen LogP contribution in [0.2, 0.25) is 0 Å². The summed E-state index contributed by atoms with van der Waals surface area (Å²) >= 11 is 0. The first-order valence-corrected chi connectivity index (χ1v) is 6.84. The quantitative estimate of drug-likeness (QED) is 0.494. The molecule has 6 N–H and O–H groups in total. The largest absolute Gasteiger partial charge is 0.497 e. The Labute approximate surface area is 138 Å². The zero-order valence-electron chi connectivity index (χ0n) is 13.1. The van der Waals surface area contributed by atoms with Crippen molar-refractivity contribution in [2.75, 3.05) is 20.2 Å². The van der Waals surface area contributed by atoms with E-state index in [1.54, 1.807) is 24.3 Å². The van der Waals surface area contributed by atoms with Gasteiger partial charge in [-0.2, -0.15) is 0 Å². The fourth-order valence-electron chi connectivity index (χ4n) is 1.92. The average Bonchev–Trinajstić information content (AvgIpc) is 2.45. The van der Waals surface area contributed by atoms with E-state index in [1.165, 1.54) is 12.0 Å². The molecular weight excluding hydrogens is 318 g/mol. The van der Waals surface area contributed by atoms with Gasteiger partial charge in [-0.1, -0.05) is 12.1 Å². The lowest BCUT2D eigenvalue weighted by Gasteiger charge is -2.20. The minimum atomic E-state index is -0.994. The number of carbonyl (C=O) groups excluding carboxylic acids is 4. The number of rotatable bonds is 7. The van der Waals surface area contributed by atoms with E-state index in [9.17, 15) is 19.2 Å².